The molecular formula is C5H9CsO2. The molecule has 3 heteroatoms. The maximum absolute atomic E-state index is 10.0. The molecule has 42 valence electrons. The Kier molecular flexibility index (Phi) is 9.85. The molecule has 0 rings (SSSR count). The molecule has 0 amide bonds. The van der Waals surface area contributed by atoms with Crippen molar-refractivity contribution in [2.45, 2.75) is 20.3 Å². The van der Waals surface area contributed by atoms with Gasteiger partial charge in [-0.05, 0) is 13.8 Å². The van der Waals surface area contributed by atoms with Crippen molar-refractivity contribution in [3.8, 4) is 0 Å². The van der Waals surface area contributed by atoms with Crippen LogP contribution in [0.15, 0.2) is 0 Å². The molecule has 0 aromatic heterocycles. The van der Waals surface area contributed by atoms with Gasteiger partial charge in [0.05, 0.1) is 6.42 Å². The fraction of sp³-hybridized carbons (Fsp3) is 0.600. The molecule has 2 nitrogen and oxygen atoms in total. The summed E-state index contributed by atoms with van der Waals surface area (Å²) < 4.78 is 0. The van der Waals surface area contributed by atoms with Crippen LogP contribution in [-0.4, -0.2) is 11.6 Å². The SMILES string of the molecule is CC(=O)CC(C)=O.[Cs+].[H-]. The molecule has 0 saturated carbocycles. The minimum atomic E-state index is -0.0625. The van der Waals surface area contributed by atoms with Crippen molar-refractivity contribution in [1.29, 1.82) is 0 Å². The predicted octanol–water partition coefficient (Wildman–Crippen LogP) is -2.33. The molecule has 0 aromatic rings. The molecular weight excluding hydrogens is 225 g/mol. The van der Waals surface area contributed by atoms with Crippen molar-refractivity contribution in [2.75, 3.05) is 0 Å². The molecule has 0 aliphatic carbocycles. The third-order valence-corrected chi connectivity index (χ3v) is 0.498. The van der Waals surface area contributed by atoms with Gasteiger partial charge in [-0.1, -0.05) is 0 Å². The van der Waals surface area contributed by atoms with Crippen molar-refractivity contribution >= 4 is 11.6 Å². The van der Waals surface area contributed by atoms with Gasteiger partial charge in [-0.15, -0.1) is 0 Å². The van der Waals surface area contributed by atoms with Crippen molar-refractivity contribution in [2.24, 2.45) is 0 Å². The summed E-state index contributed by atoms with van der Waals surface area (Å²) in [5, 5.41) is 0. The molecule has 0 radical (unpaired) electrons. The van der Waals surface area contributed by atoms with Gasteiger partial charge in [0.1, 0.15) is 11.6 Å². The van der Waals surface area contributed by atoms with Crippen molar-refractivity contribution < 1.29 is 79.9 Å². The first-order valence-corrected chi connectivity index (χ1v) is 2.12. The van der Waals surface area contributed by atoms with Gasteiger partial charge in [0.15, 0.2) is 0 Å². The van der Waals surface area contributed by atoms with Crippen molar-refractivity contribution in [3.05, 3.63) is 0 Å². The minimum Gasteiger partial charge on any atom is -1.00 e. The van der Waals surface area contributed by atoms with E-state index >= 15 is 0 Å². The molecule has 0 saturated heterocycles. The summed E-state index contributed by atoms with van der Waals surface area (Å²) in [5.41, 5.74) is 0. The standard InChI is InChI=1S/C5H8O2.Cs.H/c1-4(6)3-5(2)7;;/h3H2,1-2H3;;/q;+1;-1. The van der Waals surface area contributed by atoms with Crippen LogP contribution in [0, 0.1) is 0 Å². The molecule has 0 aliphatic heterocycles. The largest absolute Gasteiger partial charge is 1.00 e. The number of Topliss-reactive ketones (excluding diaryl/α,β-unsaturated/α-hetero) is 2. The van der Waals surface area contributed by atoms with Crippen molar-refractivity contribution in [1.82, 2.24) is 0 Å². The molecule has 0 heterocycles. The zero-order valence-electron chi connectivity index (χ0n) is 6.52. The maximum Gasteiger partial charge on any atom is 1.00 e. The van der Waals surface area contributed by atoms with Crippen LogP contribution in [0.2, 0.25) is 0 Å². The van der Waals surface area contributed by atoms with Crippen LogP contribution in [0.1, 0.15) is 21.7 Å². The van der Waals surface area contributed by atoms with Crippen LogP contribution in [0.4, 0.5) is 0 Å². The third-order valence-electron chi connectivity index (χ3n) is 0.498. The Morgan fingerprint density at radius 1 is 1.25 bits per heavy atom. The van der Waals surface area contributed by atoms with E-state index in [1.807, 2.05) is 0 Å². The monoisotopic (exact) mass is 234 g/mol. The molecule has 0 fully saturated rings. The van der Waals surface area contributed by atoms with E-state index in [1.165, 1.54) is 13.8 Å². The summed E-state index contributed by atoms with van der Waals surface area (Å²) in [4.78, 5) is 20.1. The molecule has 0 atom stereocenters. The van der Waals surface area contributed by atoms with Crippen LogP contribution in [0.25, 0.3) is 0 Å². The van der Waals surface area contributed by atoms with Gasteiger partial charge in [0.2, 0.25) is 0 Å². The van der Waals surface area contributed by atoms with Gasteiger partial charge in [0, 0.05) is 0 Å². The van der Waals surface area contributed by atoms with Crippen LogP contribution in [0.3, 0.4) is 0 Å². The van der Waals surface area contributed by atoms with Crippen LogP contribution >= 0.6 is 0 Å². The summed E-state index contributed by atoms with van der Waals surface area (Å²) in [6, 6.07) is 0. The van der Waals surface area contributed by atoms with Crippen molar-refractivity contribution in [3.63, 3.8) is 0 Å². The van der Waals surface area contributed by atoms with Gasteiger partial charge >= 0.3 is 68.9 Å². The van der Waals surface area contributed by atoms with Gasteiger partial charge in [0.25, 0.3) is 0 Å². The Morgan fingerprint density at radius 2 is 1.50 bits per heavy atom. The van der Waals surface area contributed by atoms with E-state index in [0.29, 0.717) is 0 Å². The Morgan fingerprint density at radius 3 is 1.50 bits per heavy atom. The second-order valence-electron chi connectivity index (χ2n) is 1.58. The van der Waals surface area contributed by atoms with E-state index in [2.05, 4.69) is 0 Å². The van der Waals surface area contributed by atoms with E-state index in [0.717, 1.165) is 0 Å². The molecule has 0 aliphatic rings. The minimum absolute atomic E-state index is 0. The number of ketones is 2. The fourth-order valence-corrected chi connectivity index (χ4v) is 0.351. The first-order chi connectivity index (χ1) is 3.13. The van der Waals surface area contributed by atoms with E-state index in [4.69, 9.17) is 0 Å². The topological polar surface area (TPSA) is 34.1 Å². The first kappa shape index (κ1) is 12.1. The first-order valence-electron chi connectivity index (χ1n) is 2.12. The second kappa shape index (κ2) is 6.51. The van der Waals surface area contributed by atoms with E-state index in [9.17, 15) is 9.59 Å². The summed E-state index contributed by atoms with van der Waals surface area (Å²) in [6.07, 6.45) is 0.0833. The molecule has 0 unspecified atom stereocenters. The van der Waals surface area contributed by atoms with Crippen LogP contribution in [-0.2, 0) is 9.59 Å². The maximum atomic E-state index is 10.0. The fourth-order valence-electron chi connectivity index (χ4n) is 0.351. The van der Waals surface area contributed by atoms with E-state index in [1.54, 1.807) is 0 Å². The summed E-state index contributed by atoms with van der Waals surface area (Å²) in [6.45, 7) is 2.81. The Bertz CT molecular complexity index is 91.1. The molecule has 0 spiro atoms. The number of rotatable bonds is 2. The zero-order chi connectivity index (χ0) is 5.86. The summed E-state index contributed by atoms with van der Waals surface area (Å²) in [7, 11) is 0. The molecule has 0 bridgehead atoms. The Balaban J connectivity index is -0.000000180. The van der Waals surface area contributed by atoms with Gasteiger partial charge in [-0.25, -0.2) is 0 Å². The molecule has 8 heavy (non-hydrogen) atoms. The van der Waals surface area contributed by atoms with Crippen LogP contribution in [0.5, 0.6) is 0 Å². The normalized spacial score (nSPS) is 7.25. The number of hydrogen-bond acceptors (Lipinski definition) is 2. The average Bonchev–Trinajstić information content (AvgIpc) is 1.27. The third kappa shape index (κ3) is 10.4. The molecule has 0 N–H and O–H groups in total. The summed E-state index contributed by atoms with van der Waals surface area (Å²) >= 11 is 0. The van der Waals surface area contributed by atoms with E-state index < -0.39 is 0 Å². The predicted molar refractivity (Wildman–Crippen MR) is 27.1 cm³/mol. The van der Waals surface area contributed by atoms with Crippen LogP contribution < -0.4 is 68.9 Å². The number of carbonyl (C=O) groups excluding carboxylic acids is 2. The Hall–Kier alpha value is 1.39. The zero-order valence-corrected chi connectivity index (χ0v) is 11.8. The quantitative estimate of drug-likeness (QED) is 0.502. The van der Waals surface area contributed by atoms with Gasteiger partial charge < -0.3 is 1.43 Å². The van der Waals surface area contributed by atoms with Gasteiger partial charge in [-0.3, -0.25) is 9.59 Å². The number of hydrogen-bond donors (Lipinski definition) is 0. The average molecular weight is 234 g/mol. The Labute approximate surface area is 109 Å². The van der Waals surface area contributed by atoms with Gasteiger partial charge in [-0.2, -0.15) is 0 Å². The summed E-state index contributed by atoms with van der Waals surface area (Å²) in [5.74, 6) is -0.125. The molecule has 0 aromatic carbocycles. The smallest absolute Gasteiger partial charge is 1.00 e. The van der Waals surface area contributed by atoms with E-state index in [-0.39, 0.29) is 88.3 Å². The number of carbonyl (C=O) groups is 2. The second-order valence-corrected chi connectivity index (χ2v) is 1.58.